The monoisotopic (exact) mass is 829 g/mol. The molecule has 0 aromatic carbocycles. The first-order valence-corrected chi connectivity index (χ1v) is 23.3. The van der Waals surface area contributed by atoms with Gasteiger partial charge < -0.3 is 34.3 Å². The van der Waals surface area contributed by atoms with Crippen molar-refractivity contribution in [2.24, 2.45) is 0 Å². The van der Waals surface area contributed by atoms with Crippen LogP contribution in [0.15, 0.2) is 48.6 Å². The number of unbranched alkanes of at least 4 members (excludes halogenated alkanes) is 15. The molecular weight excluding hydrogens is 753 g/mol. The van der Waals surface area contributed by atoms with E-state index >= 15 is 0 Å². The molecule has 2 unspecified atom stereocenters. The number of hydrogen-bond donors (Lipinski definition) is 4. The highest BCUT2D eigenvalue weighted by Gasteiger charge is 2.46. The van der Waals surface area contributed by atoms with E-state index < -0.39 is 71.2 Å². The molecule has 330 valence electrons. The fraction of sp³-hybridized carbons (Fsp3) is 0.773. The predicted molar refractivity (Wildman–Crippen MR) is 224 cm³/mol. The summed E-state index contributed by atoms with van der Waals surface area (Å²) < 4.78 is 53.9. The molecule has 1 fully saturated rings. The Hall–Kier alpha value is -2.39. The van der Waals surface area contributed by atoms with Crippen molar-refractivity contribution >= 4 is 22.1 Å². The molecule has 0 bridgehead atoms. The highest BCUT2D eigenvalue weighted by molar-refractivity contribution is 7.85. The molecule has 6 atom stereocenters. The molecule has 4 N–H and O–H groups in total. The van der Waals surface area contributed by atoms with Gasteiger partial charge in [-0.1, -0.05) is 127 Å². The molecule has 1 aliphatic heterocycles. The molecule has 1 heterocycles. The average molecular weight is 829 g/mol. The third-order valence-electron chi connectivity index (χ3n) is 9.63. The predicted octanol–water partition coefficient (Wildman–Crippen LogP) is 8.39. The molecule has 57 heavy (non-hydrogen) atoms. The first-order valence-electron chi connectivity index (χ1n) is 21.7. The van der Waals surface area contributed by atoms with Crippen LogP contribution in [-0.4, -0.2) is 96.0 Å². The van der Waals surface area contributed by atoms with E-state index in [-0.39, 0.29) is 19.4 Å². The smallest absolute Gasteiger partial charge is 0.306 e. The van der Waals surface area contributed by atoms with Crippen molar-refractivity contribution in [3.05, 3.63) is 48.6 Å². The Morgan fingerprint density at radius 3 is 1.67 bits per heavy atom. The van der Waals surface area contributed by atoms with Gasteiger partial charge >= 0.3 is 11.9 Å². The average Bonchev–Trinajstić information content (AvgIpc) is 3.17. The van der Waals surface area contributed by atoms with E-state index in [9.17, 15) is 37.9 Å². The Morgan fingerprint density at radius 1 is 0.596 bits per heavy atom. The summed E-state index contributed by atoms with van der Waals surface area (Å²) in [6.07, 6.45) is 30.3. The molecule has 0 amide bonds. The van der Waals surface area contributed by atoms with E-state index in [0.29, 0.717) is 19.3 Å². The maximum absolute atomic E-state index is 12.8. The molecule has 0 spiro atoms. The largest absolute Gasteiger partial charge is 0.462 e. The Kier molecular flexibility index (Phi) is 31.8. The molecule has 0 aromatic rings. The number of esters is 2. The molecule has 0 saturated carbocycles. The number of carbonyl (C=O) groups excluding carboxylic acids is 2. The summed E-state index contributed by atoms with van der Waals surface area (Å²) >= 11 is 0. The van der Waals surface area contributed by atoms with Crippen LogP contribution in [0.2, 0.25) is 0 Å². The second-order valence-corrected chi connectivity index (χ2v) is 16.5. The minimum absolute atomic E-state index is 0.142. The van der Waals surface area contributed by atoms with Gasteiger partial charge in [0, 0.05) is 12.8 Å². The van der Waals surface area contributed by atoms with Crippen molar-refractivity contribution in [1.29, 1.82) is 0 Å². The van der Waals surface area contributed by atoms with Crippen molar-refractivity contribution in [2.45, 2.75) is 198 Å². The number of carbonyl (C=O) groups is 2. The Labute approximate surface area is 343 Å². The third-order valence-corrected chi connectivity index (χ3v) is 10.4. The van der Waals surface area contributed by atoms with Crippen LogP contribution in [0.3, 0.4) is 0 Å². The molecule has 1 saturated heterocycles. The number of ether oxygens (including phenoxy) is 4. The zero-order chi connectivity index (χ0) is 42.0. The summed E-state index contributed by atoms with van der Waals surface area (Å²) in [6, 6.07) is 0. The lowest BCUT2D eigenvalue weighted by Gasteiger charge is -2.40. The van der Waals surface area contributed by atoms with E-state index in [1.54, 1.807) is 0 Å². The minimum atomic E-state index is -4.61. The van der Waals surface area contributed by atoms with Crippen LogP contribution in [0.1, 0.15) is 162 Å². The van der Waals surface area contributed by atoms with E-state index in [1.165, 1.54) is 57.8 Å². The second-order valence-electron chi connectivity index (χ2n) is 15.0. The number of aliphatic hydroxyl groups is 3. The van der Waals surface area contributed by atoms with Gasteiger partial charge in [0.05, 0.1) is 6.61 Å². The fourth-order valence-electron chi connectivity index (χ4n) is 6.21. The summed E-state index contributed by atoms with van der Waals surface area (Å²) in [6.45, 7) is 3.66. The van der Waals surface area contributed by atoms with Crippen LogP contribution in [0.4, 0.5) is 0 Å². The summed E-state index contributed by atoms with van der Waals surface area (Å²) in [5.74, 6) is -2.07. The van der Waals surface area contributed by atoms with E-state index in [1.807, 2.05) is 6.08 Å². The van der Waals surface area contributed by atoms with E-state index in [0.717, 1.165) is 57.8 Å². The second kappa shape index (κ2) is 34.5. The maximum atomic E-state index is 12.8. The Balaban J connectivity index is 2.51. The van der Waals surface area contributed by atoms with Crippen molar-refractivity contribution in [1.82, 2.24) is 0 Å². The highest BCUT2D eigenvalue weighted by Crippen LogP contribution is 2.24. The fourth-order valence-corrected chi connectivity index (χ4v) is 6.91. The van der Waals surface area contributed by atoms with Gasteiger partial charge in [-0.3, -0.25) is 14.1 Å². The Morgan fingerprint density at radius 2 is 1.07 bits per heavy atom. The highest BCUT2D eigenvalue weighted by atomic mass is 32.2. The molecule has 1 aliphatic rings. The van der Waals surface area contributed by atoms with Crippen LogP contribution >= 0.6 is 0 Å². The van der Waals surface area contributed by atoms with Crippen LogP contribution < -0.4 is 0 Å². The van der Waals surface area contributed by atoms with Gasteiger partial charge in [0.1, 0.15) is 36.8 Å². The molecule has 0 radical (unpaired) electrons. The minimum Gasteiger partial charge on any atom is -0.462 e. The van der Waals surface area contributed by atoms with Gasteiger partial charge in [-0.2, -0.15) is 8.42 Å². The standard InChI is InChI=1S/C44H76O12S/c1-3-5-7-9-11-13-15-17-18-19-20-21-23-24-26-28-30-32-39(45)53-34-37(35-54-44-43(49)42(48)41(47)38(56-44)36-57(50,51)52)55-40(46)33-31-29-27-25-22-16-14-12-10-8-6-4-2/h12,14,17-18,20-21,24,26,37-38,41-44,47-49H,3-11,13,15-16,19,22-23,25,27-36H2,1-2H3,(H,50,51,52)/b14-12+,18-17+,21-20+,26-24+/t37-,38-,41-,42?,43?,44+/m1/s1. The normalized spacial score (nSPS) is 21.0. The van der Waals surface area contributed by atoms with Gasteiger partial charge in [0.2, 0.25) is 0 Å². The quantitative estimate of drug-likeness (QED) is 0.0207. The molecular formula is C44H76O12S. The van der Waals surface area contributed by atoms with Gasteiger partial charge in [-0.15, -0.1) is 0 Å². The zero-order valence-corrected chi connectivity index (χ0v) is 35.7. The van der Waals surface area contributed by atoms with Crippen LogP contribution in [-0.2, 0) is 38.7 Å². The lowest BCUT2D eigenvalue weighted by Crippen LogP contribution is -2.60. The topological polar surface area (TPSA) is 186 Å². The van der Waals surface area contributed by atoms with E-state index in [4.69, 9.17) is 18.9 Å². The molecule has 0 aliphatic carbocycles. The van der Waals surface area contributed by atoms with Crippen molar-refractivity contribution in [3.8, 4) is 0 Å². The number of hydrogen-bond acceptors (Lipinski definition) is 11. The molecule has 1 rings (SSSR count). The molecule has 12 nitrogen and oxygen atoms in total. The number of rotatable bonds is 35. The summed E-state index contributed by atoms with van der Waals surface area (Å²) in [5.41, 5.74) is 0. The van der Waals surface area contributed by atoms with Gasteiger partial charge in [0.15, 0.2) is 12.4 Å². The summed E-state index contributed by atoms with van der Waals surface area (Å²) in [5, 5.41) is 30.8. The first-order chi connectivity index (χ1) is 27.5. The van der Waals surface area contributed by atoms with Crippen LogP contribution in [0, 0.1) is 0 Å². The van der Waals surface area contributed by atoms with Gasteiger partial charge in [0.25, 0.3) is 10.1 Å². The SMILES string of the molecule is CCCCC/C=C/CCCCCCCC(=O)O[C@H](COC(=O)CCC/C=C/C/C=C/C/C=C/CCCCCCCC)CO[C@H]1O[C@H](CS(=O)(=O)O)[C@@H](O)C(O)C1O. The van der Waals surface area contributed by atoms with E-state index in [2.05, 4.69) is 56.4 Å². The lowest BCUT2D eigenvalue weighted by atomic mass is 10.00. The maximum Gasteiger partial charge on any atom is 0.306 e. The van der Waals surface area contributed by atoms with Crippen LogP contribution in [0.5, 0.6) is 0 Å². The number of allylic oxidation sites excluding steroid dienone is 8. The molecule has 0 aromatic heterocycles. The van der Waals surface area contributed by atoms with Crippen molar-refractivity contribution in [2.75, 3.05) is 19.0 Å². The first kappa shape index (κ1) is 52.6. The molecule has 13 heteroatoms. The van der Waals surface area contributed by atoms with Gasteiger partial charge in [-0.05, 0) is 70.6 Å². The van der Waals surface area contributed by atoms with Gasteiger partial charge in [-0.25, -0.2) is 0 Å². The third kappa shape index (κ3) is 29.5. The lowest BCUT2D eigenvalue weighted by molar-refractivity contribution is -0.297. The Bertz CT molecular complexity index is 1250. The number of aliphatic hydroxyl groups excluding tert-OH is 3. The van der Waals surface area contributed by atoms with Crippen molar-refractivity contribution < 1.29 is 56.8 Å². The zero-order valence-electron chi connectivity index (χ0n) is 34.9. The van der Waals surface area contributed by atoms with Crippen molar-refractivity contribution in [3.63, 3.8) is 0 Å². The summed E-state index contributed by atoms with van der Waals surface area (Å²) in [7, 11) is -4.61. The summed E-state index contributed by atoms with van der Waals surface area (Å²) in [4.78, 5) is 25.3. The van der Waals surface area contributed by atoms with Crippen LogP contribution in [0.25, 0.3) is 0 Å².